The summed E-state index contributed by atoms with van der Waals surface area (Å²) in [4.78, 5) is 34.0. The fourth-order valence-electron chi connectivity index (χ4n) is 3.83. The van der Waals surface area contributed by atoms with Crippen LogP contribution >= 0.6 is 0 Å². The second kappa shape index (κ2) is 10.3. The average Bonchev–Trinajstić information content (AvgIpc) is 3.21. The molecule has 26 heavy (non-hydrogen) atoms. The van der Waals surface area contributed by atoms with E-state index in [-0.39, 0.29) is 24.5 Å². The molecule has 0 spiro atoms. The summed E-state index contributed by atoms with van der Waals surface area (Å²) >= 11 is 0. The first-order chi connectivity index (χ1) is 12.5. The van der Waals surface area contributed by atoms with Crippen LogP contribution in [0.25, 0.3) is 0 Å². The number of carboxylic acid groups (broad SMARTS) is 1. The van der Waals surface area contributed by atoms with E-state index in [1.807, 2.05) is 13.0 Å². The van der Waals surface area contributed by atoms with Gasteiger partial charge in [-0.1, -0.05) is 19.1 Å². The molecule has 2 aliphatic rings. The second-order valence-electron chi connectivity index (χ2n) is 7.08. The van der Waals surface area contributed by atoms with Crippen molar-refractivity contribution in [3.63, 3.8) is 0 Å². The number of hydrogen-bond donors (Lipinski definition) is 3. The van der Waals surface area contributed by atoms with Gasteiger partial charge in [0.1, 0.15) is 0 Å². The summed E-state index contributed by atoms with van der Waals surface area (Å²) in [5.74, 6) is -1.36. The van der Waals surface area contributed by atoms with Crippen molar-refractivity contribution in [3.05, 3.63) is 12.2 Å². The number of ether oxygens (including phenoxy) is 1. The highest BCUT2D eigenvalue weighted by molar-refractivity contribution is 6.35. The van der Waals surface area contributed by atoms with Crippen molar-refractivity contribution >= 4 is 17.8 Å². The van der Waals surface area contributed by atoms with Gasteiger partial charge in [0, 0.05) is 25.4 Å². The van der Waals surface area contributed by atoms with Crippen LogP contribution < -0.4 is 10.6 Å². The molecule has 7 nitrogen and oxygen atoms in total. The number of amides is 2. The van der Waals surface area contributed by atoms with Gasteiger partial charge < -0.3 is 20.5 Å². The van der Waals surface area contributed by atoms with Crippen LogP contribution in [0.1, 0.15) is 51.9 Å². The molecule has 0 radical (unpaired) electrons. The van der Waals surface area contributed by atoms with Gasteiger partial charge in [-0.25, -0.2) is 0 Å². The molecular formula is C19H30N2O5. The number of allylic oxidation sites excluding steroid dienone is 2. The quantitative estimate of drug-likeness (QED) is 0.310. The maximum Gasteiger partial charge on any atom is 0.309 e. The zero-order valence-corrected chi connectivity index (χ0v) is 15.4. The molecule has 0 unspecified atom stereocenters. The highest BCUT2D eigenvalue weighted by Crippen LogP contribution is 2.44. The number of carbonyl (C=O) groups is 3. The number of unbranched alkanes of at least 4 members (excludes halogenated alkanes) is 1. The Bertz CT molecular complexity index is 534. The zero-order valence-electron chi connectivity index (χ0n) is 15.4. The zero-order chi connectivity index (χ0) is 18.9. The predicted octanol–water partition coefficient (Wildman–Crippen LogP) is 1.62. The van der Waals surface area contributed by atoms with Crippen molar-refractivity contribution < 1.29 is 24.2 Å². The summed E-state index contributed by atoms with van der Waals surface area (Å²) in [5, 5.41) is 14.0. The highest BCUT2D eigenvalue weighted by Gasteiger charge is 2.48. The van der Waals surface area contributed by atoms with E-state index in [2.05, 4.69) is 16.7 Å². The fraction of sp³-hybridized carbons (Fsp3) is 0.737. The fourth-order valence-corrected chi connectivity index (χ4v) is 3.83. The molecule has 2 heterocycles. The summed E-state index contributed by atoms with van der Waals surface area (Å²) in [6.45, 7) is 2.89. The van der Waals surface area contributed by atoms with E-state index in [0.29, 0.717) is 25.4 Å². The van der Waals surface area contributed by atoms with Crippen molar-refractivity contribution in [2.24, 2.45) is 11.8 Å². The van der Waals surface area contributed by atoms with E-state index >= 15 is 0 Å². The van der Waals surface area contributed by atoms with Gasteiger partial charge >= 0.3 is 17.8 Å². The summed E-state index contributed by atoms with van der Waals surface area (Å²) in [6, 6.07) is 0. The first-order valence-electron chi connectivity index (χ1n) is 9.61. The van der Waals surface area contributed by atoms with E-state index in [1.54, 1.807) is 0 Å². The monoisotopic (exact) mass is 366 g/mol. The van der Waals surface area contributed by atoms with Gasteiger partial charge in [-0.15, -0.1) is 0 Å². The normalized spacial score (nSPS) is 27.0. The van der Waals surface area contributed by atoms with Gasteiger partial charge in [0.25, 0.3) is 0 Å². The van der Waals surface area contributed by atoms with Gasteiger partial charge in [-0.05, 0) is 44.4 Å². The lowest BCUT2D eigenvalue weighted by Gasteiger charge is -2.27. The maximum absolute atomic E-state index is 11.9. The van der Waals surface area contributed by atoms with Crippen LogP contribution in [0.3, 0.4) is 0 Å². The molecular weight excluding hydrogens is 336 g/mol. The Morgan fingerprint density at radius 2 is 1.77 bits per heavy atom. The van der Waals surface area contributed by atoms with Crippen molar-refractivity contribution in [2.75, 3.05) is 13.1 Å². The molecule has 7 heteroatoms. The van der Waals surface area contributed by atoms with Crippen LogP contribution in [-0.2, 0) is 19.1 Å². The van der Waals surface area contributed by atoms with Gasteiger partial charge in [0.2, 0.25) is 0 Å². The summed E-state index contributed by atoms with van der Waals surface area (Å²) in [5.41, 5.74) is 0. The minimum Gasteiger partial charge on any atom is -0.481 e. The van der Waals surface area contributed by atoms with E-state index in [9.17, 15) is 14.4 Å². The summed E-state index contributed by atoms with van der Waals surface area (Å²) in [7, 11) is 0. The van der Waals surface area contributed by atoms with Crippen molar-refractivity contribution in [3.8, 4) is 0 Å². The van der Waals surface area contributed by atoms with E-state index in [0.717, 1.165) is 32.1 Å². The Morgan fingerprint density at radius 3 is 2.46 bits per heavy atom. The molecule has 2 saturated heterocycles. The lowest BCUT2D eigenvalue weighted by molar-refractivity contribution is -0.139. The molecule has 2 bridgehead atoms. The SMILES string of the molecule is CCCNC(=O)C(=O)NC[C@@H]1[C@@H](CC=CCCCC(=O)O)[C@H]2CC[C@@H]1O2. The first-order valence-corrected chi connectivity index (χ1v) is 9.61. The molecule has 0 aromatic carbocycles. The number of carbonyl (C=O) groups excluding carboxylic acids is 2. The van der Waals surface area contributed by atoms with Crippen LogP contribution in [0.15, 0.2) is 12.2 Å². The van der Waals surface area contributed by atoms with Crippen molar-refractivity contribution in [1.82, 2.24) is 10.6 Å². The smallest absolute Gasteiger partial charge is 0.309 e. The van der Waals surface area contributed by atoms with Crippen LogP contribution in [0, 0.1) is 11.8 Å². The molecule has 2 fully saturated rings. The Hall–Kier alpha value is -1.89. The third kappa shape index (κ3) is 5.83. The molecule has 4 atom stereocenters. The van der Waals surface area contributed by atoms with Gasteiger partial charge in [0.05, 0.1) is 12.2 Å². The summed E-state index contributed by atoms with van der Waals surface area (Å²) in [6.07, 6.45) is 9.80. The lowest BCUT2D eigenvalue weighted by atomic mass is 9.77. The van der Waals surface area contributed by atoms with E-state index < -0.39 is 17.8 Å². The standard InChI is InChI=1S/C19H30N2O5/c1-2-11-20-18(24)19(25)21-12-14-13(15-9-10-16(14)26-15)7-5-3-4-6-8-17(22)23/h3,5,13-16H,2,4,6-12H2,1H3,(H,20,24)(H,21,25)(H,22,23)/t13-,14-,15-,16+/m1/s1. The second-order valence-corrected chi connectivity index (χ2v) is 7.08. The maximum atomic E-state index is 11.9. The van der Waals surface area contributed by atoms with Gasteiger partial charge in [-0.3, -0.25) is 14.4 Å². The average molecular weight is 366 g/mol. The van der Waals surface area contributed by atoms with E-state index in [1.165, 1.54) is 0 Å². The van der Waals surface area contributed by atoms with Crippen molar-refractivity contribution in [1.29, 1.82) is 0 Å². The highest BCUT2D eigenvalue weighted by atomic mass is 16.5. The van der Waals surface area contributed by atoms with Gasteiger partial charge in [0.15, 0.2) is 0 Å². The Morgan fingerprint density at radius 1 is 1.08 bits per heavy atom. The van der Waals surface area contributed by atoms with Crippen LogP contribution in [-0.4, -0.2) is 48.2 Å². The minimum atomic E-state index is -0.765. The number of rotatable bonds is 10. The molecule has 2 aliphatic heterocycles. The van der Waals surface area contributed by atoms with Crippen LogP contribution in [0.2, 0.25) is 0 Å². The molecule has 2 rings (SSSR count). The Labute approximate surface area is 154 Å². The number of hydrogen-bond acceptors (Lipinski definition) is 4. The van der Waals surface area contributed by atoms with Crippen molar-refractivity contribution in [2.45, 2.75) is 64.1 Å². The Balaban J connectivity index is 1.77. The molecule has 0 saturated carbocycles. The topological polar surface area (TPSA) is 105 Å². The molecule has 3 N–H and O–H groups in total. The predicted molar refractivity (Wildman–Crippen MR) is 96.4 cm³/mol. The van der Waals surface area contributed by atoms with Gasteiger partial charge in [-0.2, -0.15) is 0 Å². The summed E-state index contributed by atoms with van der Waals surface area (Å²) < 4.78 is 6.00. The largest absolute Gasteiger partial charge is 0.481 e. The lowest BCUT2D eigenvalue weighted by Crippen LogP contribution is -2.44. The number of fused-ring (bicyclic) bond motifs is 2. The number of nitrogens with one attached hydrogen (secondary N) is 2. The third-order valence-corrected chi connectivity index (χ3v) is 5.17. The molecule has 0 aromatic heterocycles. The molecule has 0 aliphatic carbocycles. The number of aliphatic carboxylic acids is 1. The van der Waals surface area contributed by atoms with E-state index in [4.69, 9.17) is 9.84 Å². The molecule has 146 valence electrons. The Kier molecular flexibility index (Phi) is 8.09. The van der Waals surface area contributed by atoms with Crippen LogP contribution in [0.5, 0.6) is 0 Å². The first kappa shape index (κ1) is 20.4. The molecule has 2 amide bonds. The molecule has 0 aromatic rings. The minimum absolute atomic E-state index is 0.157. The third-order valence-electron chi connectivity index (χ3n) is 5.17. The number of carboxylic acids is 1. The van der Waals surface area contributed by atoms with Crippen LogP contribution in [0.4, 0.5) is 0 Å².